The molecule has 0 saturated carbocycles. The molecule has 1 aromatic carbocycles. The Kier molecular flexibility index (Phi) is 5.58. The molecule has 0 fully saturated rings. The Morgan fingerprint density at radius 3 is 2.67 bits per heavy atom. The van der Waals surface area contributed by atoms with Gasteiger partial charge >= 0.3 is 12.0 Å². The molecule has 0 saturated heterocycles. The second-order valence-corrected chi connectivity index (χ2v) is 4.35. The van der Waals surface area contributed by atoms with Gasteiger partial charge in [-0.05, 0) is 19.4 Å². The highest BCUT2D eigenvalue weighted by molar-refractivity contribution is 5.89. The minimum absolute atomic E-state index is 0.104. The van der Waals surface area contributed by atoms with Gasteiger partial charge in [0.2, 0.25) is 0 Å². The van der Waals surface area contributed by atoms with Crippen molar-refractivity contribution in [1.82, 2.24) is 5.32 Å². The number of rotatable bonds is 6. The third-order valence-corrected chi connectivity index (χ3v) is 2.58. The first-order valence-electron chi connectivity index (χ1n) is 6.03. The van der Waals surface area contributed by atoms with Crippen molar-refractivity contribution in [3.05, 3.63) is 34.1 Å². The lowest BCUT2D eigenvalue weighted by atomic mass is 10.2. The molecular weight excluding hydrogens is 285 g/mol. The van der Waals surface area contributed by atoms with E-state index in [9.17, 15) is 24.1 Å². The van der Waals surface area contributed by atoms with Crippen LogP contribution in [-0.4, -0.2) is 28.1 Å². The van der Waals surface area contributed by atoms with E-state index in [0.29, 0.717) is 6.07 Å². The summed E-state index contributed by atoms with van der Waals surface area (Å²) in [4.78, 5) is 31.6. The van der Waals surface area contributed by atoms with Gasteiger partial charge < -0.3 is 15.7 Å². The number of benzene rings is 1. The van der Waals surface area contributed by atoms with Gasteiger partial charge in [-0.15, -0.1) is 0 Å². The Hall–Kier alpha value is -2.71. The van der Waals surface area contributed by atoms with E-state index in [1.165, 1.54) is 0 Å². The van der Waals surface area contributed by atoms with Crippen molar-refractivity contribution in [2.75, 3.05) is 5.32 Å². The number of nitrogens with one attached hydrogen (secondary N) is 2. The number of amides is 2. The number of halogens is 1. The molecule has 1 rings (SSSR count). The highest BCUT2D eigenvalue weighted by Crippen LogP contribution is 2.20. The largest absolute Gasteiger partial charge is 0.481 e. The van der Waals surface area contributed by atoms with E-state index in [0.717, 1.165) is 12.1 Å². The summed E-state index contributed by atoms with van der Waals surface area (Å²) in [6, 6.07) is 1.70. The van der Waals surface area contributed by atoms with Crippen LogP contribution in [0.4, 0.5) is 20.6 Å². The molecule has 1 atom stereocenters. The van der Waals surface area contributed by atoms with Gasteiger partial charge in [0, 0.05) is 18.5 Å². The lowest BCUT2D eigenvalue weighted by Gasteiger charge is -2.13. The normalized spacial score (nSPS) is 11.5. The van der Waals surface area contributed by atoms with Gasteiger partial charge in [0.05, 0.1) is 16.7 Å². The van der Waals surface area contributed by atoms with E-state index >= 15 is 0 Å². The summed E-state index contributed by atoms with van der Waals surface area (Å²) in [5.74, 6) is -1.91. The van der Waals surface area contributed by atoms with Gasteiger partial charge in [-0.3, -0.25) is 14.9 Å². The van der Waals surface area contributed by atoms with Crippen molar-refractivity contribution in [3.8, 4) is 0 Å². The zero-order valence-corrected chi connectivity index (χ0v) is 11.1. The third-order valence-electron chi connectivity index (χ3n) is 2.58. The predicted octanol–water partition coefficient (Wildman–Crippen LogP) is 2.11. The summed E-state index contributed by atoms with van der Waals surface area (Å²) >= 11 is 0. The third kappa shape index (κ3) is 5.43. The molecule has 1 unspecified atom stereocenters. The molecule has 1 aromatic rings. The van der Waals surface area contributed by atoms with Crippen molar-refractivity contribution in [1.29, 1.82) is 0 Å². The first-order valence-corrected chi connectivity index (χ1v) is 6.03. The van der Waals surface area contributed by atoms with E-state index in [2.05, 4.69) is 10.6 Å². The van der Waals surface area contributed by atoms with Gasteiger partial charge in [-0.2, -0.15) is 0 Å². The van der Waals surface area contributed by atoms with E-state index in [-0.39, 0.29) is 18.5 Å². The lowest BCUT2D eigenvalue weighted by Crippen LogP contribution is -2.36. The molecule has 2 amide bonds. The molecule has 0 heterocycles. The van der Waals surface area contributed by atoms with Gasteiger partial charge in [-0.1, -0.05) is 0 Å². The number of carbonyl (C=O) groups excluding carboxylic acids is 1. The van der Waals surface area contributed by atoms with Crippen LogP contribution >= 0.6 is 0 Å². The maximum atomic E-state index is 13.5. The maximum absolute atomic E-state index is 13.5. The zero-order chi connectivity index (χ0) is 16.0. The van der Waals surface area contributed by atoms with Crippen LogP contribution in [-0.2, 0) is 4.79 Å². The number of hydrogen-bond acceptors (Lipinski definition) is 4. The Balaban J connectivity index is 2.58. The van der Waals surface area contributed by atoms with E-state index in [1.54, 1.807) is 6.92 Å². The van der Waals surface area contributed by atoms with Crippen molar-refractivity contribution >= 4 is 23.4 Å². The number of carboxylic acids is 1. The molecule has 0 radical (unpaired) electrons. The Labute approximate surface area is 119 Å². The number of carboxylic acid groups (broad SMARTS) is 1. The minimum Gasteiger partial charge on any atom is -0.481 e. The smallest absolute Gasteiger partial charge is 0.319 e. The highest BCUT2D eigenvalue weighted by Gasteiger charge is 2.14. The van der Waals surface area contributed by atoms with E-state index in [1.807, 2.05) is 0 Å². The predicted molar refractivity (Wildman–Crippen MR) is 71.5 cm³/mol. The summed E-state index contributed by atoms with van der Waals surface area (Å²) < 4.78 is 13.5. The SMILES string of the molecule is CC(CCC(=O)O)NC(=O)Nc1ccc([N+](=O)[O-])cc1F. The lowest BCUT2D eigenvalue weighted by molar-refractivity contribution is -0.385. The average Bonchev–Trinajstić information content (AvgIpc) is 2.38. The van der Waals surface area contributed by atoms with Crippen LogP contribution < -0.4 is 10.6 Å². The summed E-state index contributed by atoms with van der Waals surface area (Å²) in [6.45, 7) is 1.61. The molecule has 114 valence electrons. The number of non-ortho nitro benzene ring substituents is 1. The molecule has 9 heteroatoms. The number of urea groups is 1. The minimum atomic E-state index is -0.981. The standard InChI is InChI=1S/C12H14FN3O5/c1-7(2-5-11(17)18)14-12(19)15-10-4-3-8(16(20)21)6-9(10)13/h3-4,6-7H,2,5H2,1H3,(H,17,18)(H2,14,15,19). The second kappa shape index (κ2) is 7.17. The van der Waals surface area contributed by atoms with Gasteiger partial charge in [0.15, 0.2) is 5.82 Å². The zero-order valence-electron chi connectivity index (χ0n) is 11.1. The van der Waals surface area contributed by atoms with Crippen LogP contribution in [0, 0.1) is 15.9 Å². The second-order valence-electron chi connectivity index (χ2n) is 4.35. The fraction of sp³-hybridized carbons (Fsp3) is 0.333. The van der Waals surface area contributed by atoms with Crippen molar-refractivity contribution in [3.63, 3.8) is 0 Å². The van der Waals surface area contributed by atoms with Gasteiger partial charge in [0.25, 0.3) is 5.69 Å². The van der Waals surface area contributed by atoms with Crippen molar-refractivity contribution in [2.45, 2.75) is 25.8 Å². The molecular formula is C12H14FN3O5. The molecule has 0 spiro atoms. The van der Waals surface area contributed by atoms with Crippen LogP contribution in [0.1, 0.15) is 19.8 Å². The molecule has 0 aliphatic carbocycles. The summed E-state index contributed by atoms with van der Waals surface area (Å²) in [5.41, 5.74) is -0.628. The van der Waals surface area contributed by atoms with Crippen LogP contribution in [0.3, 0.4) is 0 Å². The molecule has 21 heavy (non-hydrogen) atoms. The summed E-state index contributed by atoms with van der Waals surface area (Å²) in [6.07, 6.45) is 0.124. The molecule has 0 aliphatic heterocycles. The van der Waals surface area contributed by atoms with E-state index in [4.69, 9.17) is 5.11 Å². The number of carbonyl (C=O) groups is 2. The summed E-state index contributed by atoms with van der Waals surface area (Å²) in [5, 5.41) is 23.6. The van der Waals surface area contributed by atoms with Crippen molar-refractivity contribution in [2.24, 2.45) is 0 Å². The molecule has 0 aliphatic rings. The first kappa shape index (κ1) is 16.3. The number of anilines is 1. The number of nitrogens with zero attached hydrogens (tertiary/aromatic N) is 1. The Morgan fingerprint density at radius 1 is 1.48 bits per heavy atom. The Morgan fingerprint density at radius 2 is 2.14 bits per heavy atom. The number of aliphatic carboxylic acids is 1. The molecule has 8 nitrogen and oxygen atoms in total. The fourth-order valence-corrected chi connectivity index (χ4v) is 1.51. The topological polar surface area (TPSA) is 122 Å². The van der Waals surface area contributed by atoms with Gasteiger partial charge in [-0.25, -0.2) is 9.18 Å². The van der Waals surface area contributed by atoms with Crippen LogP contribution in [0.2, 0.25) is 0 Å². The number of nitro groups is 1. The molecule has 3 N–H and O–H groups in total. The molecule has 0 bridgehead atoms. The fourth-order valence-electron chi connectivity index (χ4n) is 1.51. The molecule has 0 aromatic heterocycles. The Bertz CT molecular complexity index is 564. The monoisotopic (exact) mass is 299 g/mol. The average molecular weight is 299 g/mol. The van der Waals surface area contributed by atoms with Crippen LogP contribution in [0.5, 0.6) is 0 Å². The number of nitro benzene ring substituents is 1. The first-order chi connectivity index (χ1) is 9.79. The summed E-state index contributed by atoms with van der Waals surface area (Å²) in [7, 11) is 0. The highest BCUT2D eigenvalue weighted by atomic mass is 19.1. The van der Waals surface area contributed by atoms with Crippen LogP contribution in [0.15, 0.2) is 18.2 Å². The van der Waals surface area contributed by atoms with Crippen LogP contribution in [0.25, 0.3) is 0 Å². The van der Waals surface area contributed by atoms with Crippen molar-refractivity contribution < 1.29 is 24.0 Å². The van der Waals surface area contributed by atoms with E-state index < -0.39 is 34.5 Å². The maximum Gasteiger partial charge on any atom is 0.319 e. The quantitative estimate of drug-likeness (QED) is 0.548. The van der Waals surface area contributed by atoms with Gasteiger partial charge in [0.1, 0.15) is 0 Å². The number of hydrogen-bond donors (Lipinski definition) is 3.